The number of hydrazone groups is 1. The quantitative estimate of drug-likeness (QED) is 0.409. The van der Waals surface area contributed by atoms with Crippen molar-refractivity contribution in [1.29, 1.82) is 0 Å². The first-order valence-electron chi connectivity index (χ1n) is 10.4. The van der Waals surface area contributed by atoms with E-state index in [9.17, 15) is 13.2 Å². The summed E-state index contributed by atoms with van der Waals surface area (Å²) in [5.41, 5.74) is 5.21. The molecule has 9 heteroatoms. The molecule has 2 aromatic rings. The Morgan fingerprint density at radius 1 is 1.09 bits per heavy atom. The number of aryl methyl sites for hydroxylation is 2. The van der Waals surface area contributed by atoms with Crippen molar-refractivity contribution in [2.75, 3.05) is 30.3 Å². The van der Waals surface area contributed by atoms with Gasteiger partial charge in [-0.15, -0.1) is 0 Å². The third-order valence-electron chi connectivity index (χ3n) is 4.45. The van der Waals surface area contributed by atoms with Crippen LogP contribution in [0.5, 0.6) is 11.5 Å². The molecule has 0 fully saturated rings. The lowest BCUT2D eigenvalue weighted by atomic mass is 10.1. The van der Waals surface area contributed by atoms with Gasteiger partial charge in [-0.3, -0.25) is 9.10 Å². The van der Waals surface area contributed by atoms with Gasteiger partial charge in [-0.2, -0.15) is 5.10 Å². The number of hydrogen-bond donors (Lipinski definition) is 1. The molecule has 0 aliphatic carbocycles. The fraction of sp³-hybridized carbons (Fsp3) is 0.391. The molecular weight excluding hydrogens is 430 g/mol. The first-order chi connectivity index (χ1) is 15.2. The van der Waals surface area contributed by atoms with Crippen LogP contribution in [0.1, 0.15) is 37.0 Å². The highest BCUT2D eigenvalue weighted by atomic mass is 32.2. The van der Waals surface area contributed by atoms with Crippen molar-refractivity contribution in [3.05, 3.63) is 53.1 Å². The highest BCUT2D eigenvalue weighted by Crippen LogP contribution is 2.28. The summed E-state index contributed by atoms with van der Waals surface area (Å²) in [4.78, 5) is 12.4. The topological polar surface area (TPSA) is 97.3 Å². The molecule has 2 rings (SSSR count). The molecule has 1 amide bonds. The van der Waals surface area contributed by atoms with Crippen molar-refractivity contribution >= 4 is 27.8 Å². The Morgan fingerprint density at radius 3 is 2.50 bits per heavy atom. The Morgan fingerprint density at radius 2 is 1.84 bits per heavy atom. The van der Waals surface area contributed by atoms with Gasteiger partial charge in [0.1, 0.15) is 6.54 Å². The van der Waals surface area contributed by atoms with Crippen LogP contribution >= 0.6 is 0 Å². The molecule has 0 bridgehead atoms. The molecule has 0 radical (unpaired) electrons. The molecule has 0 saturated carbocycles. The van der Waals surface area contributed by atoms with Crippen LogP contribution < -0.4 is 19.2 Å². The van der Waals surface area contributed by atoms with Crippen LogP contribution in [0.3, 0.4) is 0 Å². The molecule has 0 unspecified atom stereocenters. The van der Waals surface area contributed by atoms with E-state index in [1.165, 1.54) is 6.21 Å². The number of carbonyl (C=O) groups excluding carboxylic acids is 1. The average Bonchev–Trinajstić information content (AvgIpc) is 2.73. The second kappa shape index (κ2) is 11.5. The Bertz CT molecular complexity index is 1070. The van der Waals surface area contributed by atoms with Gasteiger partial charge in [0.15, 0.2) is 11.5 Å². The molecule has 1 N–H and O–H groups in total. The Labute approximate surface area is 190 Å². The summed E-state index contributed by atoms with van der Waals surface area (Å²) in [5.74, 6) is 0.683. The molecule has 174 valence electrons. The van der Waals surface area contributed by atoms with E-state index < -0.39 is 15.9 Å². The Hall–Kier alpha value is -3.07. The number of amides is 1. The van der Waals surface area contributed by atoms with Crippen molar-refractivity contribution in [3.63, 3.8) is 0 Å². The monoisotopic (exact) mass is 461 g/mol. The number of rotatable bonds is 11. The van der Waals surface area contributed by atoms with E-state index >= 15 is 0 Å². The first kappa shape index (κ1) is 25.2. The van der Waals surface area contributed by atoms with Crippen LogP contribution in [0.15, 0.2) is 41.5 Å². The van der Waals surface area contributed by atoms with Crippen LogP contribution in [0.25, 0.3) is 0 Å². The number of sulfonamides is 1. The summed E-state index contributed by atoms with van der Waals surface area (Å²) in [5, 5.41) is 3.96. The van der Waals surface area contributed by atoms with Gasteiger partial charge < -0.3 is 9.47 Å². The van der Waals surface area contributed by atoms with Gasteiger partial charge in [-0.05, 0) is 68.1 Å². The fourth-order valence-electron chi connectivity index (χ4n) is 2.92. The molecule has 0 saturated heterocycles. The minimum atomic E-state index is -3.66. The first-order valence-corrected chi connectivity index (χ1v) is 12.3. The maximum absolute atomic E-state index is 12.4. The Balaban J connectivity index is 2.11. The van der Waals surface area contributed by atoms with Crippen LogP contribution in [-0.2, 0) is 14.8 Å². The zero-order chi connectivity index (χ0) is 23.7. The van der Waals surface area contributed by atoms with Gasteiger partial charge in [-0.25, -0.2) is 13.8 Å². The largest absolute Gasteiger partial charge is 0.490 e. The van der Waals surface area contributed by atoms with E-state index in [2.05, 4.69) is 10.5 Å². The third-order valence-corrected chi connectivity index (χ3v) is 5.58. The number of ether oxygens (including phenoxy) is 2. The summed E-state index contributed by atoms with van der Waals surface area (Å²) in [6.45, 7) is 8.26. The van der Waals surface area contributed by atoms with E-state index in [1.54, 1.807) is 31.2 Å². The van der Waals surface area contributed by atoms with Crippen molar-refractivity contribution in [3.8, 4) is 11.5 Å². The zero-order valence-corrected chi connectivity index (χ0v) is 20.0. The van der Waals surface area contributed by atoms with E-state index in [4.69, 9.17) is 9.47 Å². The van der Waals surface area contributed by atoms with Crippen LogP contribution in [-0.4, -0.2) is 46.6 Å². The second-order valence-electron chi connectivity index (χ2n) is 7.34. The van der Waals surface area contributed by atoms with Crippen LogP contribution in [0, 0.1) is 13.8 Å². The van der Waals surface area contributed by atoms with Gasteiger partial charge in [0.25, 0.3) is 5.91 Å². The molecule has 0 spiro atoms. The van der Waals surface area contributed by atoms with E-state index in [0.29, 0.717) is 36.0 Å². The molecule has 0 aliphatic heterocycles. The lowest BCUT2D eigenvalue weighted by Gasteiger charge is -2.23. The van der Waals surface area contributed by atoms with Gasteiger partial charge in [0.05, 0.1) is 31.4 Å². The van der Waals surface area contributed by atoms with Gasteiger partial charge in [0, 0.05) is 0 Å². The molecule has 2 aromatic carbocycles. The maximum atomic E-state index is 12.4. The predicted octanol–water partition coefficient (Wildman–Crippen LogP) is 3.41. The van der Waals surface area contributed by atoms with E-state index in [-0.39, 0.29) is 6.54 Å². The average molecular weight is 462 g/mol. The summed E-state index contributed by atoms with van der Waals surface area (Å²) in [7, 11) is -3.66. The molecule has 0 atom stereocenters. The summed E-state index contributed by atoms with van der Waals surface area (Å²) in [6, 6.07) is 10.8. The normalized spacial score (nSPS) is 11.4. The number of nitrogens with zero attached hydrogens (tertiary/aromatic N) is 2. The summed E-state index contributed by atoms with van der Waals surface area (Å²) < 4.78 is 37.0. The third kappa shape index (κ3) is 7.26. The lowest BCUT2D eigenvalue weighted by molar-refractivity contribution is -0.119. The SMILES string of the molecule is CCCOc1ccc(/C=N/NC(=O)CN(c2cc(C)ccc2C)S(C)(=O)=O)cc1OCC. The molecule has 0 heterocycles. The highest BCUT2D eigenvalue weighted by Gasteiger charge is 2.22. The molecule has 0 aromatic heterocycles. The van der Waals surface area contributed by atoms with E-state index in [1.807, 2.05) is 32.9 Å². The summed E-state index contributed by atoms with van der Waals surface area (Å²) >= 11 is 0. The van der Waals surface area contributed by atoms with Gasteiger partial charge >= 0.3 is 0 Å². The van der Waals surface area contributed by atoms with Crippen molar-refractivity contribution in [1.82, 2.24) is 5.43 Å². The standard InChI is InChI=1S/C23H31N3O5S/c1-6-12-31-21-11-10-19(14-22(21)30-7-2)15-24-25-23(27)16-26(32(5,28)29)20-13-17(3)8-9-18(20)4/h8-11,13-15H,6-7,12,16H2,1-5H3,(H,25,27)/b24-15+. The smallest absolute Gasteiger partial charge is 0.260 e. The van der Waals surface area contributed by atoms with E-state index in [0.717, 1.165) is 28.1 Å². The predicted molar refractivity (Wildman–Crippen MR) is 127 cm³/mol. The number of nitrogens with one attached hydrogen (secondary N) is 1. The van der Waals surface area contributed by atoms with Crippen molar-refractivity contribution in [2.24, 2.45) is 5.10 Å². The minimum absolute atomic E-state index is 0.380. The molecule has 8 nitrogen and oxygen atoms in total. The Kier molecular flexibility index (Phi) is 9.07. The second-order valence-corrected chi connectivity index (χ2v) is 9.25. The van der Waals surface area contributed by atoms with Crippen LogP contribution in [0.4, 0.5) is 5.69 Å². The number of carbonyl (C=O) groups is 1. The fourth-order valence-corrected chi connectivity index (χ4v) is 3.82. The number of anilines is 1. The number of benzene rings is 2. The van der Waals surface area contributed by atoms with Gasteiger partial charge in [0.2, 0.25) is 10.0 Å². The maximum Gasteiger partial charge on any atom is 0.260 e. The lowest BCUT2D eigenvalue weighted by Crippen LogP contribution is -2.39. The highest BCUT2D eigenvalue weighted by molar-refractivity contribution is 7.92. The van der Waals surface area contributed by atoms with Crippen molar-refractivity contribution in [2.45, 2.75) is 34.1 Å². The minimum Gasteiger partial charge on any atom is -0.490 e. The number of hydrogen-bond acceptors (Lipinski definition) is 6. The molecule has 0 aliphatic rings. The van der Waals surface area contributed by atoms with Crippen molar-refractivity contribution < 1.29 is 22.7 Å². The van der Waals surface area contributed by atoms with Crippen LogP contribution in [0.2, 0.25) is 0 Å². The zero-order valence-electron chi connectivity index (χ0n) is 19.2. The molecule has 32 heavy (non-hydrogen) atoms. The van der Waals surface area contributed by atoms with Gasteiger partial charge in [-0.1, -0.05) is 19.1 Å². The molecular formula is C23H31N3O5S. The summed E-state index contributed by atoms with van der Waals surface area (Å²) in [6.07, 6.45) is 3.42.